The minimum atomic E-state index is 0.764. The topological polar surface area (TPSA) is 0 Å². The molecule has 2 aliphatic rings. The normalized spacial score (nSPS) is 23.9. The summed E-state index contributed by atoms with van der Waals surface area (Å²) in [6, 6.07) is 0. The molecule has 0 spiro atoms. The maximum atomic E-state index is 3.75. The van der Waals surface area contributed by atoms with Gasteiger partial charge in [0.25, 0.3) is 0 Å². The van der Waals surface area contributed by atoms with E-state index in [0.717, 1.165) is 5.92 Å². The molecule has 0 saturated heterocycles. The lowest BCUT2D eigenvalue weighted by molar-refractivity contribution is 0.585. The highest BCUT2D eigenvalue weighted by Crippen LogP contribution is 2.17. The summed E-state index contributed by atoms with van der Waals surface area (Å²) in [5.74, 6) is 0.764. The Hall–Kier alpha value is -1.04. The zero-order chi connectivity index (χ0) is 11.5. The predicted molar refractivity (Wildman–Crippen MR) is 73.4 cm³/mol. The van der Waals surface area contributed by atoms with Crippen LogP contribution in [-0.2, 0) is 0 Å². The molecule has 0 heterocycles. The van der Waals surface area contributed by atoms with Gasteiger partial charge < -0.3 is 0 Å². The lowest BCUT2D eigenvalue weighted by Gasteiger charge is -2.11. The van der Waals surface area contributed by atoms with Crippen LogP contribution in [-0.4, -0.2) is 0 Å². The van der Waals surface area contributed by atoms with Gasteiger partial charge in [-0.05, 0) is 50.9 Å². The fraction of sp³-hybridized carbons (Fsp3) is 0.500. The van der Waals surface area contributed by atoms with Crippen molar-refractivity contribution in [3.8, 4) is 0 Å². The molecule has 0 aromatic rings. The molecule has 0 aromatic heterocycles. The molecule has 0 aromatic carbocycles. The van der Waals surface area contributed by atoms with Gasteiger partial charge in [-0.25, -0.2) is 0 Å². The van der Waals surface area contributed by atoms with Crippen LogP contribution in [0.15, 0.2) is 49.1 Å². The van der Waals surface area contributed by atoms with Gasteiger partial charge in [0.05, 0.1) is 0 Å². The molecule has 0 nitrogen and oxygen atoms in total. The van der Waals surface area contributed by atoms with E-state index in [4.69, 9.17) is 0 Å². The van der Waals surface area contributed by atoms with Crippen LogP contribution in [0.25, 0.3) is 0 Å². The van der Waals surface area contributed by atoms with E-state index in [0.29, 0.717) is 0 Å². The van der Waals surface area contributed by atoms with Gasteiger partial charge in [0, 0.05) is 0 Å². The van der Waals surface area contributed by atoms with Crippen molar-refractivity contribution in [1.82, 2.24) is 0 Å². The van der Waals surface area contributed by atoms with Gasteiger partial charge in [-0.1, -0.05) is 42.5 Å². The van der Waals surface area contributed by atoms with E-state index in [1.165, 1.54) is 44.9 Å². The number of rotatable bonds is 1. The molecule has 88 valence electrons. The lowest BCUT2D eigenvalue weighted by atomic mass is 9.95. The Bertz CT molecular complexity index is 229. The highest BCUT2D eigenvalue weighted by atomic mass is 14.1. The first-order valence-corrected chi connectivity index (χ1v) is 6.51. The summed E-state index contributed by atoms with van der Waals surface area (Å²) in [5.41, 5.74) is 0. The van der Waals surface area contributed by atoms with Gasteiger partial charge in [-0.3, -0.25) is 0 Å². The van der Waals surface area contributed by atoms with E-state index >= 15 is 0 Å². The molecule has 0 N–H and O–H groups in total. The van der Waals surface area contributed by atoms with Crippen LogP contribution >= 0.6 is 0 Å². The van der Waals surface area contributed by atoms with E-state index in [9.17, 15) is 0 Å². The first-order valence-electron chi connectivity index (χ1n) is 6.51. The Balaban J connectivity index is 0.000000160. The second kappa shape index (κ2) is 9.21. The van der Waals surface area contributed by atoms with Crippen molar-refractivity contribution in [2.24, 2.45) is 5.92 Å². The van der Waals surface area contributed by atoms with Crippen molar-refractivity contribution in [1.29, 1.82) is 0 Å². The molecule has 2 aliphatic carbocycles. The molecule has 2 rings (SSSR count). The number of hydrogen-bond acceptors (Lipinski definition) is 0. The second-order valence-electron chi connectivity index (χ2n) is 4.38. The summed E-state index contributed by atoms with van der Waals surface area (Å²) in [7, 11) is 0. The SMILES string of the molecule is C1=CCCC=CCC1.C=CC1CC=CCC1. The first kappa shape index (κ1) is 13.0. The predicted octanol–water partition coefficient (Wildman–Crippen LogP) is 5.20. The van der Waals surface area contributed by atoms with Crippen LogP contribution in [0.2, 0.25) is 0 Å². The summed E-state index contributed by atoms with van der Waals surface area (Å²) < 4.78 is 0. The van der Waals surface area contributed by atoms with Crippen molar-refractivity contribution in [2.75, 3.05) is 0 Å². The zero-order valence-electron chi connectivity index (χ0n) is 10.3. The summed E-state index contributed by atoms with van der Waals surface area (Å²) in [5, 5.41) is 0. The number of allylic oxidation sites excluding steroid dienone is 7. The third kappa shape index (κ3) is 6.44. The average Bonchev–Trinajstić information content (AvgIpc) is 2.30. The van der Waals surface area contributed by atoms with Crippen LogP contribution in [0.3, 0.4) is 0 Å². The van der Waals surface area contributed by atoms with Gasteiger partial charge in [-0.2, -0.15) is 0 Å². The standard InChI is InChI=1S/2C8H12/c1-2-8-6-4-3-5-7-8;1-2-4-6-8-7-5-3-1/h2-4,8H,1,5-7H2;1-2,7-8H,3-6H2. The fourth-order valence-electron chi connectivity index (χ4n) is 1.89. The fourth-order valence-corrected chi connectivity index (χ4v) is 1.89. The molecule has 1 atom stereocenters. The maximum absolute atomic E-state index is 3.75. The van der Waals surface area contributed by atoms with Crippen molar-refractivity contribution in [3.05, 3.63) is 49.1 Å². The molecule has 0 bridgehead atoms. The van der Waals surface area contributed by atoms with E-state index < -0.39 is 0 Å². The largest absolute Gasteiger partial charge is 0.103 e. The van der Waals surface area contributed by atoms with Crippen molar-refractivity contribution < 1.29 is 0 Å². The smallest absolute Gasteiger partial charge is 0.0199 e. The Kier molecular flexibility index (Phi) is 7.49. The molecule has 16 heavy (non-hydrogen) atoms. The Labute approximate surface area is 100 Å². The monoisotopic (exact) mass is 216 g/mol. The summed E-state index contributed by atoms with van der Waals surface area (Å²) >= 11 is 0. The second-order valence-corrected chi connectivity index (χ2v) is 4.38. The molecule has 0 radical (unpaired) electrons. The maximum Gasteiger partial charge on any atom is -0.0199 e. The quantitative estimate of drug-likeness (QED) is 0.528. The van der Waals surface area contributed by atoms with Crippen molar-refractivity contribution >= 4 is 0 Å². The minimum absolute atomic E-state index is 0.764. The molecule has 0 saturated carbocycles. The molecule has 1 unspecified atom stereocenters. The van der Waals surface area contributed by atoms with Crippen LogP contribution in [0.1, 0.15) is 44.9 Å². The number of hydrogen-bond donors (Lipinski definition) is 0. The van der Waals surface area contributed by atoms with Crippen molar-refractivity contribution in [2.45, 2.75) is 44.9 Å². The van der Waals surface area contributed by atoms with Crippen LogP contribution in [0, 0.1) is 5.92 Å². The van der Waals surface area contributed by atoms with E-state index in [-0.39, 0.29) is 0 Å². The lowest BCUT2D eigenvalue weighted by Crippen LogP contribution is -1.96. The third-order valence-corrected chi connectivity index (χ3v) is 2.98. The van der Waals surface area contributed by atoms with Gasteiger partial charge >= 0.3 is 0 Å². The van der Waals surface area contributed by atoms with Gasteiger partial charge in [-0.15, -0.1) is 6.58 Å². The summed E-state index contributed by atoms with van der Waals surface area (Å²) in [4.78, 5) is 0. The Morgan fingerprint density at radius 2 is 1.25 bits per heavy atom. The molecular formula is C16H24. The molecule has 0 fully saturated rings. The molecule has 0 aliphatic heterocycles. The van der Waals surface area contributed by atoms with Gasteiger partial charge in [0.15, 0.2) is 0 Å². The third-order valence-electron chi connectivity index (χ3n) is 2.98. The Morgan fingerprint density at radius 3 is 1.56 bits per heavy atom. The minimum Gasteiger partial charge on any atom is -0.103 e. The van der Waals surface area contributed by atoms with Crippen LogP contribution in [0.5, 0.6) is 0 Å². The first-order chi connectivity index (χ1) is 7.93. The Morgan fingerprint density at radius 1 is 0.750 bits per heavy atom. The van der Waals surface area contributed by atoms with Crippen LogP contribution < -0.4 is 0 Å². The molecule has 0 heteroatoms. The summed E-state index contributed by atoms with van der Waals surface area (Å²) in [6.07, 6.45) is 24.3. The van der Waals surface area contributed by atoms with E-state index in [2.05, 4.69) is 49.1 Å². The van der Waals surface area contributed by atoms with Gasteiger partial charge in [0.2, 0.25) is 0 Å². The zero-order valence-corrected chi connectivity index (χ0v) is 10.3. The van der Waals surface area contributed by atoms with Crippen LogP contribution in [0.4, 0.5) is 0 Å². The highest BCUT2D eigenvalue weighted by molar-refractivity contribution is 4.95. The van der Waals surface area contributed by atoms with E-state index in [1.807, 2.05) is 0 Å². The molecular weight excluding hydrogens is 192 g/mol. The summed E-state index contributed by atoms with van der Waals surface area (Å²) in [6.45, 7) is 3.75. The van der Waals surface area contributed by atoms with Crippen molar-refractivity contribution in [3.63, 3.8) is 0 Å². The average molecular weight is 216 g/mol. The highest BCUT2D eigenvalue weighted by Gasteiger charge is 2.02. The molecule has 0 amide bonds. The van der Waals surface area contributed by atoms with Gasteiger partial charge in [0.1, 0.15) is 0 Å². The van der Waals surface area contributed by atoms with E-state index in [1.54, 1.807) is 0 Å².